The Morgan fingerprint density at radius 1 is 1.45 bits per heavy atom. The number of nitrogens with one attached hydrogen (secondary N) is 1. The number of hydrogen-bond donors (Lipinski definition) is 1. The van der Waals surface area contributed by atoms with Crippen LogP contribution in [0.4, 0.5) is 0 Å². The van der Waals surface area contributed by atoms with E-state index in [1.54, 1.807) is 6.20 Å². The predicted octanol–water partition coefficient (Wildman–Crippen LogP) is 1.04. The SMILES string of the molecule is Cc1cccc2cnn(CCC(=O)NC3CCS(=O)(=O)C3)c12. The number of amides is 1. The van der Waals surface area contributed by atoms with Crippen LogP contribution in [0, 0.1) is 6.92 Å². The zero-order valence-electron chi connectivity index (χ0n) is 12.4. The molecule has 22 heavy (non-hydrogen) atoms. The molecule has 2 heterocycles. The average Bonchev–Trinajstić information content (AvgIpc) is 3.01. The fraction of sp³-hybridized carbons (Fsp3) is 0.467. The number of aryl methyl sites for hydroxylation is 2. The van der Waals surface area contributed by atoms with Crippen LogP contribution in [-0.4, -0.2) is 41.7 Å². The molecule has 3 rings (SSSR count). The Balaban J connectivity index is 1.61. The fourth-order valence-electron chi connectivity index (χ4n) is 2.91. The van der Waals surface area contributed by atoms with Crippen LogP contribution in [0.15, 0.2) is 24.4 Å². The second-order valence-corrected chi connectivity index (χ2v) is 8.03. The van der Waals surface area contributed by atoms with Gasteiger partial charge in [0.15, 0.2) is 9.84 Å². The van der Waals surface area contributed by atoms with Crippen LogP contribution in [0.25, 0.3) is 10.9 Å². The van der Waals surface area contributed by atoms with Crippen LogP contribution >= 0.6 is 0 Å². The van der Waals surface area contributed by atoms with E-state index in [-0.39, 0.29) is 23.5 Å². The van der Waals surface area contributed by atoms with Crippen molar-refractivity contribution in [1.82, 2.24) is 15.1 Å². The smallest absolute Gasteiger partial charge is 0.222 e. The van der Waals surface area contributed by atoms with Gasteiger partial charge in [-0.15, -0.1) is 0 Å². The van der Waals surface area contributed by atoms with E-state index in [2.05, 4.69) is 10.4 Å². The van der Waals surface area contributed by atoms with Gasteiger partial charge in [0.1, 0.15) is 0 Å². The van der Waals surface area contributed by atoms with Crippen LogP contribution < -0.4 is 5.32 Å². The Kier molecular flexibility index (Phi) is 3.90. The lowest BCUT2D eigenvalue weighted by atomic mass is 10.2. The minimum absolute atomic E-state index is 0.0581. The van der Waals surface area contributed by atoms with E-state index >= 15 is 0 Å². The van der Waals surface area contributed by atoms with Gasteiger partial charge in [-0.05, 0) is 18.9 Å². The molecule has 1 aromatic heterocycles. The Bertz CT molecular complexity index is 811. The Morgan fingerprint density at radius 3 is 3.00 bits per heavy atom. The van der Waals surface area contributed by atoms with Gasteiger partial charge in [0.05, 0.1) is 29.8 Å². The number of benzene rings is 1. The van der Waals surface area contributed by atoms with E-state index in [0.29, 0.717) is 19.4 Å². The van der Waals surface area contributed by atoms with Crippen LogP contribution in [-0.2, 0) is 21.2 Å². The molecule has 1 atom stereocenters. The number of carbonyl (C=O) groups is 1. The van der Waals surface area contributed by atoms with Crippen molar-refractivity contribution in [1.29, 1.82) is 0 Å². The van der Waals surface area contributed by atoms with E-state index in [4.69, 9.17) is 0 Å². The zero-order chi connectivity index (χ0) is 15.7. The van der Waals surface area contributed by atoms with Gasteiger partial charge in [-0.1, -0.05) is 18.2 Å². The van der Waals surface area contributed by atoms with Crippen molar-refractivity contribution in [2.45, 2.75) is 32.4 Å². The van der Waals surface area contributed by atoms with Crippen molar-refractivity contribution < 1.29 is 13.2 Å². The molecule has 0 aliphatic carbocycles. The molecular formula is C15H19N3O3S. The third kappa shape index (κ3) is 3.14. The quantitative estimate of drug-likeness (QED) is 0.912. The Hall–Kier alpha value is -1.89. The highest BCUT2D eigenvalue weighted by Crippen LogP contribution is 2.18. The first-order valence-corrected chi connectivity index (χ1v) is 9.18. The summed E-state index contributed by atoms with van der Waals surface area (Å²) in [5.74, 6) is 0.100. The first kappa shape index (κ1) is 15.0. The molecule has 1 aliphatic rings. The lowest BCUT2D eigenvalue weighted by Gasteiger charge is -2.11. The number of nitrogens with zero attached hydrogens (tertiary/aromatic N) is 2. The third-order valence-corrected chi connectivity index (χ3v) is 5.78. The van der Waals surface area contributed by atoms with E-state index in [1.165, 1.54) is 0 Å². The summed E-state index contributed by atoms with van der Waals surface area (Å²) in [7, 11) is -2.97. The number of para-hydroxylation sites is 1. The van der Waals surface area contributed by atoms with Crippen LogP contribution in [0.1, 0.15) is 18.4 Å². The van der Waals surface area contributed by atoms with Crippen molar-refractivity contribution in [3.8, 4) is 0 Å². The summed E-state index contributed by atoms with van der Waals surface area (Å²) in [5.41, 5.74) is 2.16. The molecule has 1 aliphatic heterocycles. The highest BCUT2D eigenvalue weighted by atomic mass is 32.2. The average molecular weight is 321 g/mol. The van der Waals surface area contributed by atoms with Gasteiger partial charge in [-0.25, -0.2) is 8.42 Å². The van der Waals surface area contributed by atoms with E-state index in [9.17, 15) is 13.2 Å². The summed E-state index contributed by atoms with van der Waals surface area (Å²) in [6, 6.07) is 5.75. The molecule has 2 aromatic rings. The van der Waals surface area contributed by atoms with E-state index in [1.807, 2.05) is 29.8 Å². The number of fused-ring (bicyclic) bond motifs is 1. The molecular weight excluding hydrogens is 302 g/mol. The Morgan fingerprint density at radius 2 is 2.27 bits per heavy atom. The second-order valence-electron chi connectivity index (χ2n) is 5.80. The molecule has 0 saturated carbocycles. The lowest BCUT2D eigenvalue weighted by molar-refractivity contribution is -0.121. The van der Waals surface area contributed by atoms with Gasteiger partial charge >= 0.3 is 0 Å². The van der Waals surface area contributed by atoms with Gasteiger partial charge in [-0.2, -0.15) is 5.10 Å². The lowest BCUT2D eigenvalue weighted by Crippen LogP contribution is -2.36. The van der Waals surface area contributed by atoms with Crippen LogP contribution in [0.3, 0.4) is 0 Å². The largest absolute Gasteiger partial charge is 0.352 e. The van der Waals surface area contributed by atoms with Gasteiger partial charge in [-0.3, -0.25) is 9.48 Å². The standard InChI is InChI=1S/C15H19N3O3S/c1-11-3-2-4-12-9-16-18(15(11)12)7-5-14(19)17-13-6-8-22(20,21)10-13/h2-4,9,13H,5-8,10H2,1H3,(H,17,19). The van der Waals surface area contributed by atoms with Crippen LogP contribution in [0.5, 0.6) is 0 Å². The van der Waals surface area contributed by atoms with E-state index < -0.39 is 9.84 Å². The zero-order valence-corrected chi connectivity index (χ0v) is 13.3. The molecule has 1 unspecified atom stereocenters. The summed E-state index contributed by atoms with van der Waals surface area (Å²) >= 11 is 0. The summed E-state index contributed by atoms with van der Waals surface area (Å²) in [6.07, 6.45) is 2.60. The number of rotatable bonds is 4. The molecule has 1 aromatic carbocycles. The minimum Gasteiger partial charge on any atom is -0.352 e. The number of hydrogen-bond acceptors (Lipinski definition) is 4. The number of sulfone groups is 1. The monoisotopic (exact) mass is 321 g/mol. The first-order valence-electron chi connectivity index (χ1n) is 7.35. The summed E-state index contributed by atoms with van der Waals surface area (Å²) in [6.45, 7) is 2.50. The van der Waals surface area contributed by atoms with Gasteiger partial charge < -0.3 is 5.32 Å². The molecule has 0 bridgehead atoms. The minimum atomic E-state index is -2.97. The Labute approximate surface area is 129 Å². The van der Waals surface area contributed by atoms with Gasteiger partial charge in [0.25, 0.3) is 0 Å². The molecule has 118 valence electrons. The molecule has 1 N–H and O–H groups in total. The third-order valence-electron chi connectivity index (χ3n) is 4.01. The summed E-state index contributed by atoms with van der Waals surface area (Å²) < 4.78 is 24.6. The van der Waals surface area contributed by atoms with Crippen LogP contribution in [0.2, 0.25) is 0 Å². The summed E-state index contributed by atoms with van der Waals surface area (Å²) in [5, 5.41) is 8.18. The van der Waals surface area contributed by atoms with Gasteiger partial charge in [0.2, 0.25) is 5.91 Å². The van der Waals surface area contributed by atoms with E-state index in [0.717, 1.165) is 16.5 Å². The molecule has 1 amide bonds. The fourth-order valence-corrected chi connectivity index (χ4v) is 4.59. The summed E-state index contributed by atoms with van der Waals surface area (Å²) in [4.78, 5) is 12.0. The maximum Gasteiger partial charge on any atom is 0.222 e. The maximum atomic E-state index is 12.0. The molecule has 0 radical (unpaired) electrons. The number of aromatic nitrogens is 2. The highest BCUT2D eigenvalue weighted by molar-refractivity contribution is 7.91. The maximum absolute atomic E-state index is 12.0. The molecule has 1 saturated heterocycles. The predicted molar refractivity (Wildman–Crippen MR) is 84.3 cm³/mol. The van der Waals surface area contributed by atoms with Crippen molar-refractivity contribution in [2.24, 2.45) is 0 Å². The first-order chi connectivity index (χ1) is 10.4. The van der Waals surface area contributed by atoms with Crippen molar-refractivity contribution in [2.75, 3.05) is 11.5 Å². The second kappa shape index (κ2) is 5.72. The van der Waals surface area contributed by atoms with Crippen molar-refractivity contribution in [3.63, 3.8) is 0 Å². The molecule has 0 spiro atoms. The highest BCUT2D eigenvalue weighted by Gasteiger charge is 2.28. The normalized spacial score (nSPS) is 20.3. The van der Waals surface area contributed by atoms with Crippen molar-refractivity contribution >= 4 is 26.6 Å². The topological polar surface area (TPSA) is 81.1 Å². The molecule has 1 fully saturated rings. The van der Waals surface area contributed by atoms with Gasteiger partial charge in [0, 0.05) is 17.8 Å². The molecule has 6 nitrogen and oxygen atoms in total. The number of carbonyl (C=O) groups excluding carboxylic acids is 1. The van der Waals surface area contributed by atoms with Crippen molar-refractivity contribution in [3.05, 3.63) is 30.0 Å². The molecule has 7 heteroatoms.